The van der Waals surface area contributed by atoms with Crippen LogP contribution in [-0.4, -0.2) is 50.6 Å². The number of halogens is 6. The Balaban J connectivity index is 1.58. The zero-order chi connectivity index (χ0) is 27.6. The van der Waals surface area contributed by atoms with Crippen molar-refractivity contribution in [3.63, 3.8) is 0 Å². The summed E-state index contributed by atoms with van der Waals surface area (Å²) >= 11 is 5.95. The first-order valence-electron chi connectivity index (χ1n) is 11.7. The van der Waals surface area contributed by atoms with Crippen LogP contribution >= 0.6 is 11.6 Å². The first kappa shape index (κ1) is 27.8. The van der Waals surface area contributed by atoms with Gasteiger partial charge < -0.3 is 10.4 Å². The maximum Gasteiger partial charge on any atom is 0.423 e. The van der Waals surface area contributed by atoms with E-state index in [9.17, 15) is 31.5 Å². The molecule has 1 aliphatic heterocycles. The van der Waals surface area contributed by atoms with Crippen molar-refractivity contribution < 1.29 is 31.9 Å². The predicted octanol–water partition coefficient (Wildman–Crippen LogP) is 3.23. The van der Waals surface area contributed by atoms with Crippen molar-refractivity contribution >= 4 is 17.5 Å². The highest BCUT2D eigenvalue weighted by Crippen LogP contribution is 2.22. The quantitative estimate of drug-likeness (QED) is 0.416. The van der Waals surface area contributed by atoms with Crippen LogP contribution in [-0.2, 0) is 37.4 Å². The molecule has 2 N–H and O–H groups in total. The Labute approximate surface area is 219 Å². The molecule has 0 spiro atoms. The number of nitrogens with zero attached hydrogens (tertiary/aromatic N) is 3. The zero-order valence-corrected chi connectivity index (χ0v) is 20.7. The standard InChI is InChI=1S/C25H24ClF5N4O3/c26-17-3-1-15(2-4-17)13-35-24(38)20-14-33(12-16-9-18(27)11-19(28)10-16)7-5-21(20)34(35)8-6-32-23(37)22(36)25(29,30)31/h1-4,9-11,22,36H,5-8,12-14H2,(H,32,37)/t22-/m0/s1. The summed E-state index contributed by atoms with van der Waals surface area (Å²) in [5, 5.41) is 11.7. The molecule has 0 saturated heterocycles. The molecule has 1 aromatic heterocycles. The summed E-state index contributed by atoms with van der Waals surface area (Å²) in [4.78, 5) is 27.0. The van der Waals surface area contributed by atoms with E-state index in [-0.39, 0.29) is 38.3 Å². The van der Waals surface area contributed by atoms with E-state index in [0.717, 1.165) is 11.6 Å². The summed E-state index contributed by atoms with van der Waals surface area (Å²) in [5.41, 5.74) is 1.93. The highest BCUT2D eigenvalue weighted by atomic mass is 35.5. The third-order valence-electron chi connectivity index (χ3n) is 6.25. The van der Waals surface area contributed by atoms with E-state index in [1.165, 1.54) is 16.8 Å². The van der Waals surface area contributed by atoms with Crippen LogP contribution in [0.1, 0.15) is 22.4 Å². The van der Waals surface area contributed by atoms with Gasteiger partial charge in [-0.1, -0.05) is 23.7 Å². The lowest BCUT2D eigenvalue weighted by atomic mass is 10.1. The fourth-order valence-corrected chi connectivity index (χ4v) is 4.62. The second kappa shape index (κ2) is 11.3. The molecule has 204 valence electrons. The number of fused-ring (bicyclic) bond motifs is 1. The van der Waals surface area contributed by atoms with Gasteiger partial charge in [0.2, 0.25) is 6.10 Å². The number of aliphatic hydroxyl groups excluding tert-OH is 1. The van der Waals surface area contributed by atoms with Crippen molar-refractivity contribution in [1.29, 1.82) is 0 Å². The third kappa shape index (κ3) is 6.43. The van der Waals surface area contributed by atoms with Gasteiger partial charge in [0.25, 0.3) is 11.5 Å². The largest absolute Gasteiger partial charge is 0.423 e. The first-order chi connectivity index (χ1) is 17.9. The number of alkyl halides is 3. The summed E-state index contributed by atoms with van der Waals surface area (Å²) in [7, 11) is 0. The van der Waals surface area contributed by atoms with Gasteiger partial charge in [0.1, 0.15) is 11.6 Å². The number of hydrogen-bond donors (Lipinski definition) is 2. The molecule has 1 atom stereocenters. The van der Waals surface area contributed by atoms with Crippen LogP contribution in [0.2, 0.25) is 5.02 Å². The summed E-state index contributed by atoms with van der Waals surface area (Å²) < 4.78 is 68.2. The van der Waals surface area contributed by atoms with Gasteiger partial charge in [-0.2, -0.15) is 13.2 Å². The van der Waals surface area contributed by atoms with Crippen LogP contribution in [0, 0.1) is 11.6 Å². The average molecular weight is 559 g/mol. The molecule has 38 heavy (non-hydrogen) atoms. The summed E-state index contributed by atoms with van der Waals surface area (Å²) in [6.07, 6.45) is -7.87. The lowest BCUT2D eigenvalue weighted by molar-refractivity contribution is -0.205. The summed E-state index contributed by atoms with van der Waals surface area (Å²) in [6, 6.07) is 10.0. The fourth-order valence-electron chi connectivity index (χ4n) is 4.50. The average Bonchev–Trinajstić information content (AvgIpc) is 3.09. The highest BCUT2D eigenvalue weighted by molar-refractivity contribution is 6.30. The van der Waals surface area contributed by atoms with E-state index in [0.29, 0.717) is 34.8 Å². The number of rotatable bonds is 8. The number of aromatic nitrogens is 2. The van der Waals surface area contributed by atoms with E-state index in [2.05, 4.69) is 5.32 Å². The lowest BCUT2D eigenvalue weighted by Gasteiger charge is -2.27. The van der Waals surface area contributed by atoms with Crippen LogP contribution in [0.3, 0.4) is 0 Å². The molecule has 13 heteroatoms. The van der Waals surface area contributed by atoms with Crippen LogP contribution in [0.4, 0.5) is 22.0 Å². The van der Waals surface area contributed by atoms with Gasteiger partial charge in [-0.3, -0.25) is 19.2 Å². The molecular weight excluding hydrogens is 535 g/mol. The summed E-state index contributed by atoms with van der Waals surface area (Å²) in [6.45, 7) is 0.704. The number of nitrogens with one attached hydrogen (secondary N) is 1. The molecular formula is C25H24ClF5N4O3. The van der Waals surface area contributed by atoms with Gasteiger partial charge in [-0.05, 0) is 35.4 Å². The van der Waals surface area contributed by atoms with Crippen LogP contribution < -0.4 is 10.9 Å². The van der Waals surface area contributed by atoms with E-state index < -0.39 is 29.8 Å². The number of benzene rings is 2. The number of carbonyl (C=O) groups is 1. The zero-order valence-electron chi connectivity index (χ0n) is 19.9. The van der Waals surface area contributed by atoms with Crippen molar-refractivity contribution in [3.8, 4) is 0 Å². The van der Waals surface area contributed by atoms with Crippen LogP contribution in [0.25, 0.3) is 0 Å². The van der Waals surface area contributed by atoms with Gasteiger partial charge in [0.05, 0.1) is 18.7 Å². The Hall–Kier alpha value is -3.22. The highest BCUT2D eigenvalue weighted by Gasteiger charge is 2.43. The molecule has 7 nitrogen and oxygen atoms in total. The summed E-state index contributed by atoms with van der Waals surface area (Å²) in [5.74, 6) is -2.99. The number of aliphatic hydroxyl groups is 1. The van der Waals surface area contributed by atoms with Crippen LogP contribution in [0.15, 0.2) is 47.3 Å². The molecule has 4 rings (SSSR count). The number of hydrogen-bond acceptors (Lipinski definition) is 4. The van der Waals surface area contributed by atoms with Crippen molar-refractivity contribution in [2.75, 3.05) is 13.1 Å². The van der Waals surface area contributed by atoms with Gasteiger partial charge >= 0.3 is 6.18 Å². The molecule has 0 bridgehead atoms. The molecule has 1 aliphatic rings. The maximum atomic E-state index is 13.6. The molecule has 1 amide bonds. The molecule has 2 aromatic carbocycles. The SMILES string of the molecule is O=C(NCCn1c2c(c(=O)n1Cc1ccc(Cl)cc1)CN(Cc1cc(F)cc(F)c1)CC2)[C@H](O)C(F)(F)F. The van der Waals surface area contributed by atoms with Gasteiger partial charge in [-0.15, -0.1) is 0 Å². The Bertz CT molecular complexity index is 1350. The molecule has 3 aromatic rings. The van der Waals surface area contributed by atoms with Crippen molar-refractivity contribution in [1.82, 2.24) is 19.6 Å². The fraction of sp³-hybridized carbons (Fsp3) is 0.360. The maximum absolute atomic E-state index is 13.6. The molecule has 0 radical (unpaired) electrons. The molecule has 0 saturated carbocycles. The second-order valence-corrected chi connectivity index (χ2v) is 9.45. The minimum absolute atomic E-state index is 0.0242. The monoisotopic (exact) mass is 558 g/mol. The minimum Gasteiger partial charge on any atom is -0.376 e. The van der Waals surface area contributed by atoms with E-state index >= 15 is 0 Å². The van der Waals surface area contributed by atoms with Gasteiger partial charge in [0.15, 0.2) is 0 Å². The normalized spacial score (nSPS) is 14.8. The Morgan fingerprint density at radius 3 is 2.32 bits per heavy atom. The number of carbonyl (C=O) groups excluding carboxylic acids is 1. The van der Waals surface area contributed by atoms with Gasteiger partial charge in [-0.25, -0.2) is 13.5 Å². The molecule has 0 fully saturated rings. The van der Waals surface area contributed by atoms with Crippen molar-refractivity contribution in [3.05, 3.63) is 91.9 Å². The Morgan fingerprint density at radius 2 is 1.68 bits per heavy atom. The van der Waals surface area contributed by atoms with Gasteiger partial charge in [0, 0.05) is 49.4 Å². The second-order valence-electron chi connectivity index (χ2n) is 9.01. The van der Waals surface area contributed by atoms with Crippen LogP contribution in [0.5, 0.6) is 0 Å². The Morgan fingerprint density at radius 1 is 1.03 bits per heavy atom. The Kier molecular flexibility index (Phi) is 8.24. The predicted molar refractivity (Wildman–Crippen MR) is 128 cm³/mol. The topological polar surface area (TPSA) is 79.5 Å². The number of amides is 1. The lowest BCUT2D eigenvalue weighted by Crippen LogP contribution is -2.45. The molecule has 0 unspecified atom stereocenters. The molecule has 0 aliphatic carbocycles. The first-order valence-corrected chi connectivity index (χ1v) is 12.1. The minimum atomic E-state index is -5.10. The smallest absolute Gasteiger partial charge is 0.376 e. The van der Waals surface area contributed by atoms with E-state index in [1.807, 2.05) is 4.90 Å². The van der Waals surface area contributed by atoms with E-state index in [1.54, 1.807) is 28.9 Å². The molecule has 2 heterocycles. The van der Waals surface area contributed by atoms with Crippen molar-refractivity contribution in [2.45, 2.75) is 44.9 Å². The third-order valence-corrected chi connectivity index (χ3v) is 6.50. The van der Waals surface area contributed by atoms with E-state index in [4.69, 9.17) is 16.7 Å². The van der Waals surface area contributed by atoms with Crippen molar-refractivity contribution in [2.24, 2.45) is 0 Å².